The van der Waals surface area contributed by atoms with Crippen LogP contribution in [0.4, 0.5) is 5.69 Å². The van der Waals surface area contributed by atoms with Crippen molar-refractivity contribution in [2.45, 2.75) is 24.9 Å². The second-order valence-electron chi connectivity index (χ2n) is 4.30. The molecule has 1 atom stereocenters. The number of imidazole rings is 1. The Labute approximate surface area is 104 Å². The van der Waals surface area contributed by atoms with Gasteiger partial charge in [0.05, 0.1) is 29.6 Å². The highest BCUT2D eigenvalue weighted by Crippen LogP contribution is 2.23. The number of hydrogen-bond donors (Lipinski definition) is 1. The topological polar surface area (TPSA) is 53.1 Å². The van der Waals surface area contributed by atoms with Crippen molar-refractivity contribution in [1.82, 2.24) is 9.55 Å². The summed E-state index contributed by atoms with van der Waals surface area (Å²) >= 11 is 5.93. The molecule has 0 amide bonds. The molecule has 2 heterocycles. The first kappa shape index (κ1) is 10.9. The van der Waals surface area contributed by atoms with Crippen molar-refractivity contribution >= 4 is 28.3 Å². The third-order valence-corrected chi connectivity index (χ3v) is 3.39. The molecule has 1 aromatic heterocycles. The molecule has 2 aromatic rings. The Kier molecular flexibility index (Phi) is 2.68. The maximum absolute atomic E-state index is 5.93. The van der Waals surface area contributed by atoms with Crippen molar-refractivity contribution in [3.63, 3.8) is 0 Å². The van der Waals surface area contributed by atoms with E-state index in [9.17, 15) is 0 Å². The summed E-state index contributed by atoms with van der Waals surface area (Å²) in [6.07, 6.45) is 1.41. The molecule has 0 saturated carbocycles. The van der Waals surface area contributed by atoms with Gasteiger partial charge in [-0.05, 0) is 24.6 Å². The van der Waals surface area contributed by atoms with Gasteiger partial charge in [-0.3, -0.25) is 0 Å². The van der Waals surface area contributed by atoms with Crippen molar-refractivity contribution < 1.29 is 4.74 Å². The molecule has 17 heavy (non-hydrogen) atoms. The predicted octanol–water partition coefficient (Wildman–Crippen LogP) is 2.15. The van der Waals surface area contributed by atoms with Crippen molar-refractivity contribution in [1.29, 1.82) is 0 Å². The fraction of sp³-hybridized carbons (Fsp3) is 0.417. The van der Waals surface area contributed by atoms with E-state index >= 15 is 0 Å². The summed E-state index contributed by atoms with van der Waals surface area (Å²) < 4.78 is 7.59. The molecule has 1 aromatic carbocycles. The fourth-order valence-corrected chi connectivity index (χ4v) is 2.34. The van der Waals surface area contributed by atoms with Gasteiger partial charge in [0.15, 0.2) is 0 Å². The zero-order chi connectivity index (χ0) is 11.8. The Bertz CT molecular complexity index is 548. The van der Waals surface area contributed by atoms with Gasteiger partial charge >= 0.3 is 0 Å². The Morgan fingerprint density at radius 3 is 3.00 bits per heavy atom. The lowest BCUT2D eigenvalue weighted by Gasteiger charge is -2.27. The van der Waals surface area contributed by atoms with Gasteiger partial charge < -0.3 is 15.0 Å². The number of nitrogens with zero attached hydrogens (tertiary/aromatic N) is 2. The molecule has 0 spiro atoms. The van der Waals surface area contributed by atoms with Crippen LogP contribution in [0.25, 0.3) is 11.0 Å². The summed E-state index contributed by atoms with van der Waals surface area (Å²) in [5.74, 6) is 1.28. The van der Waals surface area contributed by atoms with E-state index in [1.165, 1.54) is 0 Å². The zero-order valence-corrected chi connectivity index (χ0v) is 10.2. The van der Waals surface area contributed by atoms with Crippen molar-refractivity contribution in [2.75, 3.05) is 12.3 Å². The maximum Gasteiger partial charge on any atom is 0.124 e. The molecule has 0 aliphatic carbocycles. The second kappa shape index (κ2) is 4.20. The number of fused-ring (bicyclic) bond motifs is 1. The molecule has 1 aliphatic heterocycles. The first-order chi connectivity index (χ1) is 8.28. The molecular formula is C12H14ClN3O. The number of ether oxygens (including phenoxy) is 1. The monoisotopic (exact) mass is 251 g/mol. The van der Waals surface area contributed by atoms with Gasteiger partial charge in [-0.15, -0.1) is 11.6 Å². The number of anilines is 1. The van der Waals surface area contributed by atoms with Crippen LogP contribution in [0.2, 0.25) is 0 Å². The molecule has 1 fully saturated rings. The van der Waals surface area contributed by atoms with E-state index in [1.807, 2.05) is 18.2 Å². The van der Waals surface area contributed by atoms with Crippen LogP contribution in [0.5, 0.6) is 0 Å². The van der Waals surface area contributed by atoms with Gasteiger partial charge in [-0.2, -0.15) is 0 Å². The standard InChI is InChI=1S/C12H14ClN3O/c13-6-12-15-10-5-8(14)1-2-11(10)16(12)7-9-3-4-17-9/h1-2,5,9H,3-4,6-7,14H2/t9-/m0/s1. The minimum absolute atomic E-state index is 0.298. The molecule has 5 heteroatoms. The molecule has 0 bridgehead atoms. The summed E-state index contributed by atoms with van der Waals surface area (Å²) in [5.41, 5.74) is 8.46. The Morgan fingerprint density at radius 1 is 1.53 bits per heavy atom. The van der Waals surface area contributed by atoms with Gasteiger partial charge in [0, 0.05) is 12.3 Å². The zero-order valence-electron chi connectivity index (χ0n) is 9.40. The van der Waals surface area contributed by atoms with E-state index < -0.39 is 0 Å². The van der Waals surface area contributed by atoms with E-state index in [2.05, 4.69) is 9.55 Å². The number of nitrogens with two attached hydrogens (primary N) is 1. The fourth-order valence-electron chi connectivity index (χ4n) is 2.13. The van der Waals surface area contributed by atoms with Gasteiger partial charge in [-0.25, -0.2) is 4.98 Å². The molecule has 0 radical (unpaired) electrons. The lowest BCUT2D eigenvalue weighted by molar-refractivity contribution is -0.0589. The quantitative estimate of drug-likeness (QED) is 0.672. The number of alkyl halides is 1. The van der Waals surface area contributed by atoms with Gasteiger partial charge in [0.25, 0.3) is 0 Å². The van der Waals surface area contributed by atoms with Crippen LogP contribution < -0.4 is 5.73 Å². The van der Waals surface area contributed by atoms with Crippen molar-refractivity contribution in [3.05, 3.63) is 24.0 Å². The van der Waals surface area contributed by atoms with Crippen LogP contribution in [-0.4, -0.2) is 22.3 Å². The lowest BCUT2D eigenvalue weighted by atomic mass is 10.2. The number of aromatic nitrogens is 2. The Morgan fingerprint density at radius 2 is 2.35 bits per heavy atom. The molecule has 0 unspecified atom stereocenters. The summed E-state index contributed by atoms with van der Waals surface area (Å²) in [7, 11) is 0. The van der Waals surface area contributed by atoms with E-state index in [-0.39, 0.29) is 0 Å². The number of rotatable bonds is 3. The summed E-state index contributed by atoms with van der Waals surface area (Å²) in [4.78, 5) is 4.50. The number of hydrogen-bond acceptors (Lipinski definition) is 3. The number of benzene rings is 1. The number of nitrogen functional groups attached to an aromatic ring is 1. The molecule has 4 nitrogen and oxygen atoms in total. The highest BCUT2D eigenvalue weighted by atomic mass is 35.5. The molecule has 1 aliphatic rings. The van der Waals surface area contributed by atoms with Crippen LogP contribution in [0, 0.1) is 0 Å². The van der Waals surface area contributed by atoms with E-state index in [0.29, 0.717) is 12.0 Å². The first-order valence-corrected chi connectivity index (χ1v) is 6.23. The van der Waals surface area contributed by atoms with Crippen LogP contribution in [0.3, 0.4) is 0 Å². The SMILES string of the molecule is Nc1ccc2c(c1)nc(CCl)n2C[C@@H]1CCO1. The summed E-state index contributed by atoms with van der Waals surface area (Å²) in [5, 5.41) is 0. The highest BCUT2D eigenvalue weighted by Gasteiger charge is 2.21. The molecular weight excluding hydrogens is 238 g/mol. The Hall–Kier alpha value is -1.26. The molecule has 3 rings (SSSR count). The average molecular weight is 252 g/mol. The van der Waals surface area contributed by atoms with Crippen LogP contribution >= 0.6 is 11.6 Å². The van der Waals surface area contributed by atoms with E-state index in [1.54, 1.807) is 0 Å². The lowest BCUT2D eigenvalue weighted by Crippen LogP contribution is -2.31. The van der Waals surface area contributed by atoms with Gasteiger partial charge in [0.2, 0.25) is 0 Å². The summed E-state index contributed by atoms with van der Waals surface area (Å²) in [6.45, 7) is 1.68. The molecule has 1 saturated heterocycles. The predicted molar refractivity (Wildman–Crippen MR) is 68.1 cm³/mol. The average Bonchev–Trinajstić information content (AvgIpc) is 2.60. The Balaban J connectivity index is 2.05. The maximum atomic E-state index is 5.93. The van der Waals surface area contributed by atoms with E-state index in [4.69, 9.17) is 22.1 Å². The van der Waals surface area contributed by atoms with Crippen LogP contribution in [-0.2, 0) is 17.2 Å². The number of halogens is 1. The van der Waals surface area contributed by atoms with Gasteiger partial charge in [-0.1, -0.05) is 0 Å². The summed E-state index contributed by atoms with van der Waals surface area (Å²) in [6, 6.07) is 5.76. The smallest absolute Gasteiger partial charge is 0.124 e. The van der Waals surface area contributed by atoms with Crippen molar-refractivity contribution in [3.8, 4) is 0 Å². The third-order valence-electron chi connectivity index (χ3n) is 3.15. The van der Waals surface area contributed by atoms with Gasteiger partial charge in [0.1, 0.15) is 5.82 Å². The molecule has 2 N–H and O–H groups in total. The minimum Gasteiger partial charge on any atom is -0.399 e. The van der Waals surface area contributed by atoms with E-state index in [0.717, 1.165) is 42.1 Å². The van der Waals surface area contributed by atoms with Crippen LogP contribution in [0.15, 0.2) is 18.2 Å². The van der Waals surface area contributed by atoms with Crippen LogP contribution in [0.1, 0.15) is 12.2 Å². The molecule has 90 valence electrons. The first-order valence-electron chi connectivity index (χ1n) is 5.70. The van der Waals surface area contributed by atoms with Crippen molar-refractivity contribution in [2.24, 2.45) is 0 Å². The highest BCUT2D eigenvalue weighted by molar-refractivity contribution is 6.16. The largest absolute Gasteiger partial charge is 0.399 e. The third kappa shape index (κ3) is 1.87. The second-order valence-corrected chi connectivity index (χ2v) is 4.57. The minimum atomic E-state index is 0.298. The normalized spacial score (nSPS) is 19.5.